The summed E-state index contributed by atoms with van der Waals surface area (Å²) < 4.78 is 5.40. The van der Waals surface area contributed by atoms with Gasteiger partial charge in [-0.15, -0.1) is 0 Å². The van der Waals surface area contributed by atoms with E-state index in [1.165, 1.54) is 77.0 Å². The normalized spacial score (nSPS) is 13.1. The molecule has 0 aromatic heterocycles. The zero-order chi connectivity index (χ0) is 21.8. The first kappa shape index (κ1) is 28.2. The number of ether oxygens (including phenoxy) is 1. The summed E-state index contributed by atoms with van der Waals surface area (Å²) in [7, 11) is 0. The lowest BCUT2D eigenvalue weighted by Gasteiger charge is -2.22. The second-order valence-corrected chi connectivity index (χ2v) is 10.2. The lowest BCUT2D eigenvalue weighted by molar-refractivity contribution is -0.144. The van der Waals surface area contributed by atoms with Crippen molar-refractivity contribution < 1.29 is 9.53 Å². The van der Waals surface area contributed by atoms with Gasteiger partial charge in [-0.3, -0.25) is 4.79 Å². The van der Waals surface area contributed by atoms with E-state index in [4.69, 9.17) is 4.74 Å². The van der Waals surface area contributed by atoms with Gasteiger partial charge in [0.15, 0.2) is 0 Å². The molecule has 0 aromatic carbocycles. The van der Waals surface area contributed by atoms with Crippen molar-refractivity contribution >= 4 is 5.97 Å². The van der Waals surface area contributed by atoms with Crippen molar-refractivity contribution in [1.29, 1.82) is 0 Å². The standard InChI is InChI=1S/C27H52O2/c1-6-7-8-9-10-11-12-13-14-15-16-17-18-19-20-21-26(28)29-23-22-25(2)24-27(3,4)5/h13-14,25H,6-12,15-24H2,1-5H3/b14-13-. The molecular weight excluding hydrogens is 356 g/mol. The monoisotopic (exact) mass is 408 g/mol. The molecule has 2 heteroatoms. The average molecular weight is 409 g/mol. The van der Waals surface area contributed by atoms with Crippen molar-refractivity contribution in [1.82, 2.24) is 0 Å². The number of carbonyl (C=O) groups excluding carboxylic acids is 1. The van der Waals surface area contributed by atoms with Gasteiger partial charge in [-0.1, -0.05) is 98.1 Å². The Morgan fingerprint density at radius 3 is 1.90 bits per heavy atom. The van der Waals surface area contributed by atoms with Crippen LogP contribution in [0.15, 0.2) is 12.2 Å². The van der Waals surface area contributed by atoms with E-state index in [2.05, 4.69) is 46.8 Å². The highest BCUT2D eigenvalue weighted by atomic mass is 16.5. The van der Waals surface area contributed by atoms with Crippen LogP contribution in [0.4, 0.5) is 0 Å². The van der Waals surface area contributed by atoms with E-state index in [9.17, 15) is 4.79 Å². The van der Waals surface area contributed by atoms with Gasteiger partial charge in [-0.25, -0.2) is 0 Å². The number of esters is 1. The van der Waals surface area contributed by atoms with E-state index in [1.54, 1.807) is 0 Å². The van der Waals surface area contributed by atoms with Crippen molar-refractivity contribution in [3.8, 4) is 0 Å². The van der Waals surface area contributed by atoms with Gasteiger partial charge in [0.05, 0.1) is 6.61 Å². The summed E-state index contributed by atoms with van der Waals surface area (Å²) in [5, 5.41) is 0. The van der Waals surface area contributed by atoms with Crippen LogP contribution in [0.1, 0.15) is 137 Å². The third-order valence-electron chi connectivity index (χ3n) is 5.48. The van der Waals surface area contributed by atoms with Gasteiger partial charge in [0, 0.05) is 6.42 Å². The van der Waals surface area contributed by atoms with Crippen molar-refractivity contribution in [2.75, 3.05) is 6.61 Å². The molecule has 29 heavy (non-hydrogen) atoms. The van der Waals surface area contributed by atoms with Crippen LogP contribution in [-0.2, 0) is 9.53 Å². The highest BCUT2D eigenvalue weighted by molar-refractivity contribution is 5.69. The van der Waals surface area contributed by atoms with Gasteiger partial charge in [-0.2, -0.15) is 0 Å². The predicted octanol–water partition coefficient (Wildman–Crippen LogP) is 9.03. The Kier molecular flexibility index (Phi) is 18.7. The maximum absolute atomic E-state index is 11.8. The van der Waals surface area contributed by atoms with Crippen molar-refractivity contribution in [2.24, 2.45) is 11.3 Å². The minimum Gasteiger partial charge on any atom is -0.466 e. The maximum Gasteiger partial charge on any atom is 0.305 e. The zero-order valence-corrected chi connectivity index (χ0v) is 20.6. The molecule has 0 N–H and O–H groups in total. The molecule has 1 atom stereocenters. The molecule has 0 amide bonds. The minimum atomic E-state index is -0.00872. The molecule has 0 saturated heterocycles. The van der Waals surface area contributed by atoms with E-state index in [-0.39, 0.29) is 5.97 Å². The molecule has 0 aliphatic rings. The average Bonchev–Trinajstić information content (AvgIpc) is 2.63. The smallest absolute Gasteiger partial charge is 0.305 e. The number of hydrogen-bond acceptors (Lipinski definition) is 2. The molecule has 0 aromatic rings. The van der Waals surface area contributed by atoms with Crippen LogP contribution < -0.4 is 0 Å². The molecule has 0 heterocycles. The van der Waals surface area contributed by atoms with Crippen LogP contribution in [0.2, 0.25) is 0 Å². The van der Waals surface area contributed by atoms with Crippen LogP contribution in [-0.4, -0.2) is 12.6 Å². The van der Waals surface area contributed by atoms with E-state index >= 15 is 0 Å². The molecule has 0 radical (unpaired) electrons. The summed E-state index contributed by atoms with van der Waals surface area (Å²) in [5.74, 6) is 0.605. The van der Waals surface area contributed by atoms with E-state index in [0.717, 1.165) is 19.3 Å². The van der Waals surface area contributed by atoms with Crippen molar-refractivity contribution in [3.63, 3.8) is 0 Å². The summed E-state index contributed by atoms with van der Waals surface area (Å²) in [6, 6.07) is 0. The molecular formula is C27H52O2. The molecule has 172 valence electrons. The number of hydrogen-bond donors (Lipinski definition) is 0. The minimum absolute atomic E-state index is 0.00872. The highest BCUT2D eigenvalue weighted by Gasteiger charge is 2.15. The van der Waals surface area contributed by atoms with Crippen molar-refractivity contribution in [3.05, 3.63) is 12.2 Å². The first-order valence-corrected chi connectivity index (χ1v) is 12.7. The topological polar surface area (TPSA) is 26.3 Å². The van der Waals surface area contributed by atoms with E-state index in [0.29, 0.717) is 24.4 Å². The fraction of sp³-hybridized carbons (Fsp3) is 0.889. The first-order chi connectivity index (χ1) is 13.8. The summed E-state index contributed by atoms with van der Waals surface area (Å²) in [4.78, 5) is 11.8. The van der Waals surface area contributed by atoms with Crippen LogP contribution in [0.3, 0.4) is 0 Å². The Bertz CT molecular complexity index is 392. The summed E-state index contributed by atoms with van der Waals surface area (Å²) in [5.41, 5.74) is 0.354. The third-order valence-corrected chi connectivity index (χ3v) is 5.48. The second-order valence-electron chi connectivity index (χ2n) is 10.2. The first-order valence-electron chi connectivity index (χ1n) is 12.7. The SMILES string of the molecule is CCCCCCCC/C=C\CCCCCCCC(=O)OCCC(C)CC(C)(C)C. The lowest BCUT2D eigenvalue weighted by atomic mass is 9.84. The van der Waals surface area contributed by atoms with Crippen LogP contribution >= 0.6 is 0 Å². The van der Waals surface area contributed by atoms with Gasteiger partial charge in [0.2, 0.25) is 0 Å². The van der Waals surface area contributed by atoms with E-state index in [1.807, 2.05) is 0 Å². The van der Waals surface area contributed by atoms with Gasteiger partial charge in [0.25, 0.3) is 0 Å². The Balaban J connectivity index is 3.35. The lowest BCUT2D eigenvalue weighted by Crippen LogP contribution is -2.14. The largest absolute Gasteiger partial charge is 0.466 e. The fourth-order valence-electron chi connectivity index (χ4n) is 3.93. The molecule has 0 bridgehead atoms. The van der Waals surface area contributed by atoms with Gasteiger partial charge >= 0.3 is 5.97 Å². The van der Waals surface area contributed by atoms with Gasteiger partial charge in [0.1, 0.15) is 0 Å². The number of allylic oxidation sites excluding steroid dienone is 2. The zero-order valence-electron chi connectivity index (χ0n) is 20.6. The number of unbranched alkanes of at least 4 members (excludes halogenated alkanes) is 11. The third kappa shape index (κ3) is 23.4. The molecule has 0 saturated carbocycles. The van der Waals surface area contributed by atoms with Crippen LogP contribution in [0, 0.1) is 11.3 Å². The fourth-order valence-corrected chi connectivity index (χ4v) is 3.93. The molecule has 2 nitrogen and oxygen atoms in total. The Morgan fingerprint density at radius 2 is 1.34 bits per heavy atom. The predicted molar refractivity (Wildman–Crippen MR) is 128 cm³/mol. The Hall–Kier alpha value is -0.790. The van der Waals surface area contributed by atoms with Gasteiger partial charge < -0.3 is 4.74 Å². The summed E-state index contributed by atoms with van der Waals surface area (Å²) in [6.45, 7) is 11.9. The summed E-state index contributed by atoms with van der Waals surface area (Å²) >= 11 is 0. The molecule has 0 rings (SSSR count). The van der Waals surface area contributed by atoms with Crippen LogP contribution in [0.25, 0.3) is 0 Å². The molecule has 1 unspecified atom stereocenters. The highest BCUT2D eigenvalue weighted by Crippen LogP contribution is 2.25. The second kappa shape index (κ2) is 19.2. The molecule has 0 spiro atoms. The number of rotatable bonds is 19. The Labute approximate surface area is 183 Å². The van der Waals surface area contributed by atoms with Gasteiger partial charge in [-0.05, 0) is 56.3 Å². The van der Waals surface area contributed by atoms with Crippen molar-refractivity contribution in [2.45, 2.75) is 137 Å². The quantitative estimate of drug-likeness (QED) is 0.121. The van der Waals surface area contributed by atoms with Crippen LogP contribution in [0.5, 0.6) is 0 Å². The maximum atomic E-state index is 11.8. The molecule has 0 aliphatic carbocycles. The Morgan fingerprint density at radius 1 is 0.828 bits per heavy atom. The summed E-state index contributed by atoms with van der Waals surface area (Å²) in [6.07, 6.45) is 24.2. The van der Waals surface area contributed by atoms with E-state index < -0.39 is 0 Å². The molecule has 0 fully saturated rings. The number of carbonyl (C=O) groups is 1. The molecule has 0 aliphatic heterocycles.